The van der Waals surface area contributed by atoms with Gasteiger partial charge in [0.2, 0.25) is 0 Å². The van der Waals surface area contributed by atoms with E-state index in [0.29, 0.717) is 0 Å². The second-order valence-corrected chi connectivity index (χ2v) is 3.86. The smallest absolute Gasteiger partial charge is 0.116 e. The summed E-state index contributed by atoms with van der Waals surface area (Å²) in [4.78, 5) is 5.17. The van der Waals surface area contributed by atoms with Crippen LogP contribution in [0.25, 0.3) is 0 Å². The van der Waals surface area contributed by atoms with E-state index in [1.807, 2.05) is 30.3 Å². The molecule has 0 unspecified atom stereocenters. The lowest BCUT2D eigenvalue weighted by Gasteiger charge is -2.00. The van der Waals surface area contributed by atoms with Gasteiger partial charge in [0, 0.05) is 11.1 Å². The van der Waals surface area contributed by atoms with Crippen molar-refractivity contribution >= 4 is 11.8 Å². The van der Waals surface area contributed by atoms with E-state index in [-0.39, 0.29) is 5.75 Å². The second-order valence-electron chi connectivity index (χ2n) is 2.77. The molecule has 14 heavy (non-hydrogen) atoms. The molecule has 0 fully saturated rings. The van der Waals surface area contributed by atoms with Gasteiger partial charge in [-0.25, -0.2) is 4.98 Å². The minimum Gasteiger partial charge on any atom is -0.508 e. The van der Waals surface area contributed by atoms with E-state index in [1.165, 1.54) is 11.8 Å². The molecular weight excluding hydrogens is 194 g/mol. The summed E-state index contributed by atoms with van der Waals surface area (Å²) in [5.74, 6) is 0.283. The molecule has 0 atom stereocenters. The van der Waals surface area contributed by atoms with Gasteiger partial charge in [-0.1, -0.05) is 23.9 Å². The maximum atomic E-state index is 9.26. The van der Waals surface area contributed by atoms with Gasteiger partial charge in [0.15, 0.2) is 0 Å². The van der Waals surface area contributed by atoms with Gasteiger partial charge in [0.05, 0.1) is 0 Å². The molecule has 1 aromatic heterocycles. The minimum atomic E-state index is 0.283. The molecule has 1 heterocycles. The molecule has 2 rings (SSSR count). The summed E-state index contributed by atoms with van der Waals surface area (Å²) in [6, 6.07) is 12.9. The number of hydrogen-bond acceptors (Lipinski definition) is 3. The molecule has 3 heteroatoms. The molecule has 0 saturated carbocycles. The van der Waals surface area contributed by atoms with E-state index < -0.39 is 0 Å². The summed E-state index contributed by atoms with van der Waals surface area (Å²) in [7, 11) is 0. The van der Waals surface area contributed by atoms with Crippen molar-refractivity contribution in [1.82, 2.24) is 4.98 Å². The van der Waals surface area contributed by atoms with Gasteiger partial charge >= 0.3 is 0 Å². The van der Waals surface area contributed by atoms with Crippen molar-refractivity contribution < 1.29 is 5.11 Å². The lowest BCUT2D eigenvalue weighted by molar-refractivity contribution is 0.474. The quantitative estimate of drug-likeness (QED) is 0.814. The van der Waals surface area contributed by atoms with Crippen LogP contribution in [0.3, 0.4) is 0 Å². The van der Waals surface area contributed by atoms with E-state index in [2.05, 4.69) is 4.98 Å². The molecule has 0 aliphatic carbocycles. The van der Waals surface area contributed by atoms with E-state index in [4.69, 9.17) is 0 Å². The highest BCUT2D eigenvalue weighted by atomic mass is 32.2. The lowest BCUT2D eigenvalue weighted by atomic mass is 10.3. The fourth-order valence-corrected chi connectivity index (χ4v) is 1.90. The molecule has 0 spiro atoms. The maximum Gasteiger partial charge on any atom is 0.116 e. The van der Waals surface area contributed by atoms with Crippen LogP contribution in [-0.2, 0) is 0 Å². The van der Waals surface area contributed by atoms with Gasteiger partial charge in [-0.05, 0) is 30.3 Å². The minimum absolute atomic E-state index is 0.283. The highest BCUT2D eigenvalue weighted by Crippen LogP contribution is 2.27. The van der Waals surface area contributed by atoms with Crippen LogP contribution in [0.4, 0.5) is 0 Å². The van der Waals surface area contributed by atoms with Crippen molar-refractivity contribution in [2.45, 2.75) is 9.92 Å². The Morgan fingerprint density at radius 1 is 1.07 bits per heavy atom. The Morgan fingerprint density at radius 2 is 2.00 bits per heavy atom. The fourth-order valence-electron chi connectivity index (χ4n) is 1.08. The SMILES string of the molecule is Oc1cccc(Sc2ccccn2)c1. The van der Waals surface area contributed by atoms with Crippen molar-refractivity contribution in [3.05, 3.63) is 48.7 Å². The number of benzene rings is 1. The molecule has 0 aliphatic heterocycles. The van der Waals surface area contributed by atoms with Crippen LogP contribution in [0.15, 0.2) is 58.6 Å². The zero-order chi connectivity index (χ0) is 9.80. The van der Waals surface area contributed by atoms with Crippen LogP contribution in [0.2, 0.25) is 0 Å². The summed E-state index contributed by atoms with van der Waals surface area (Å²) in [6.45, 7) is 0. The Labute approximate surface area is 86.6 Å². The predicted octanol–water partition coefficient (Wildman–Crippen LogP) is 2.94. The topological polar surface area (TPSA) is 33.1 Å². The maximum absolute atomic E-state index is 9.26. The molecular formula is C11H9NOS. The number of phenols is 1. The van der Waals surface area contributed by atoms with Crippen LogP contribution in [0.5, 0.6) is 5.75 Å². The van der Waals surface area contributed by atoms with Crippen molar-refractivity contribution in [3.8, 4) is 5.75 Å². The van der Waals surface area contributed by atoms with Gasteiger partial charge in [-0.15, -0.1) is 0 Å². The average molecular weight is 203 g/mol. The van der Waals surface area contributed by atoms with Crippen molar-refractivity contribution in [3.63, 3.8) is 0 Å². The monoisotopic (exact) mass is 203 g/mol. The first-order valence-corrected chi connectivity index (χ1v) is 5.04. The van der Waals surface area contributed by atoms with Crippen LogP contribution in [-0.4, -0.2) is 10.1 Å². The third-order valence-electron chi connectivity index (χ3n) is 1.68. The molecule has 0 amide bonds. The molecule has 1 N–H and O–H groups in total. The second kappa shape index (κ2) is 4.15. The molecule has 1 aromatic carbocycles. The summed E-state index contributed by atoms with van der Waals surface area (Å²) in [6.07, 6.45) is 1.76. The van der Waals surface area contributed by atoms with Gasteiger partial charge in [0.25, 0.3) is 0 Å². The summed E-state index contributed by atoms with van der Waals surface area (Å²) >= 11 is 1.53. The highest BCUT2D eigenvalue weighted by Gasteiger charge is 1.97. The van der Waals surface area contributed by atoms with Gasteiger partial charge in [0.1, 0.15) is 10.8 Å². The van der Waals surface area contributed by atoms with Crippen molar-refractivity contribution in [2.75, 3.05) is 0 Å². The number of rotatable bonds is 2. The molecule has 70 valence electrons. The summed E-state index contributed by atoms with van der Waals surface area (Å²) < 4.78 is 0. The third kappa shape index (κ3) is 2.26. The number of nitrogens with zero attached hydrogens (tertiary/aromatic N) is 1. The number of aromatic hydroxyl groups is 1. The van der Waals surface area contributed by atoms with Crippen molar-refractivity contribution in [2.24, 2.45) is 0 Å². The van der Waals surface area contributed by atoms with Crippen LogP contribution in [0, 0.1) is 0 Å². The van der Waals surface area contributed by atoms with Crippen LogP contribution in [0.1, 0.15) is 0 Å². The van der Waals surface area contributed by atoms with E-state index in [0.717, 1.165) is 9.92 Å². The lowest BCUT2D eigenvalue weighted by Crippen LogP contribution is -1.77. The van der Waals surface area contributed by atoms with Gasteiger partial charge < -0.3 is 5.11 Å². The molecule has 0 aliphatic rings. The fraction of sp³-hybridized carbons (Fsp3) is 0. The van der Waals surface area contributed by atoms with Gasteiger partial charge in [-0.3, -0.25) is 0 Å². The molecule has 0 bridgehead atoms. The molecule has 0 radical (unpaired) electrons. The Hall–Kier alpha value is -1.48. The number of pyridine rings is 1. The first kappa shape index (κ1) is 9.09. The average Bonchev–Trinajstić information content (AvgIpc) is 2.19. The largest absolute Gasteiger partial charge is 0.508 e. The van der Waals surface area contributed by atoms with Crippen LogP contribution < -0.4 is 0 Å². The molecule has 0 saturated heterocycles. The Bertz CT molecular complexity index is 417. The molecule has 2 nitrogen and oxygen atoms in total. The summed E-state index contributed by atoms with van der Waals surface area (Å²) in [5, 5.41) is 10.2. The Morgan fingerprint density at radius 3 is 2.71 bits per heavy atom. The first-order valence-electron chi connectivity index (χ1n) is 4.22. The zero-order valence-electron chi connectivity index (χ0n) is 7.42. The standard InChI is InChI=1S/C11H9NOS/c13-9-4-3-5-10(8-9)14-11-6-1-2-7-12-11/h1-8,13H. The Balaban J connectivity index is 2.19. The summed E-state index contributed by atoms with van der Waals surface area (Å²) in [5.41, 5.74) is 0. The predicted molar refractivity (Wildman–Crippen MR) is 56.5 cm³/mol. The normalized spacial score (nSPS) is 10.0. The van der Waals surface area contributed by atoms with E-state index in [1.54, 1.807) is 18.3 Å². The zero-order valence-corrected chi connectivity index (χ0v) is 8.24. The van der Waals surface area contributed by atoms with E-state index in [9.17, 15) is 5.11 Å². The van der Waals surface area contributed by atoms with Crippen LogP contribution >= 0.6 is 11.8 Å². The first-order chi connectivity index (χ1) is 6.84. The third-order valence-corrected chi connectivity index (χ3v) is 2.62. The number of phenolic OH excluding ortho intramolecular Hbond substituents is 1. The number of hydrogen-bond donors (Lipinski definition) is 1. The highest BCUT2D eigenvalue weighted by molar-refractivity contribution is 7.99. The van der Waals surface area contributed by atoms with Crippen molar-refractivity contribution in [1.29, 1.82) is 0 Å². The van der Waals surface area contributed by atoms with E-state index >= 15 is 0 Å². The molecule has 2 aromatic rings. The van der Waals surface area contributed by atoms with Gasteiger partial charge in [-0.2, -0.15) is 0 Å². The number of aromatic nitrogens is 1. The Kier molecular flexibility index (Phi) is 2.70.